The first-order valence-electron chi connectivity index (χ1n) is 36.5. The summed E-state index contributed by atoms with van der Waals surface area (Å²) in [6.07, 6.45) is -47.8. The Morgan fingerprint density at radius 2 is 1.03 bits per heavy atom. The van der Waals surface area contributed by atoms with Gasteiger partial charge in [-0.1, -0.05) is 53.2 Å². The first-order valence-corrected chi connectivity index (χ1v) is 36.5. The number of rotatable bonds is 18. The highest BCUT2D eigenvalue weighted by molar-refractivity contribution is 5.79. The quantitative estimate of drug-likeness (QED) is 0.0345. The lowest BCUT2D eigenvalue weighted by atomic mass is 9.33. The summed E-state index contributed by atoms with van der Waals surface area (Å²) in [5, 5.41) is 221. The van der Waals surface area contributed by atoms with Gasteiger partial charge in [0.15, 0.2) is 43.8 Å². The summed E-state index contributed by atoms with van der Waals surface area (Å²) in [5.74, 6) is -1.57. The first-order chi connectivity index (χ1) is 48.8. The fraction of sp³-hybridized carbons (Fsp3) is 0.957. The SMILES string of the molecule is C[C@@H]1O[C@@H](O[C@@H]2[C@@H](O)[C@H](O[C@@H]3[C@@H](O[C@@H]4OC[C@](O)(CO)[C@H]4O)[C@@H](O)[C@H](O[C@H]4[C@H](OC(=O)[C@]56CCC(C)(C)C[C@H]5C5=CC[C@@H]7[C@@]8(C)C[C@H](O)[C@H](O[C@@H]9O[C@H](CO)[C@@H](O)[C@H](O[C@@H]%10O[C@H](CO)[C@@H](O)[C@H](O)[C@H]%10O)[C@H]9O)[C@@](C)(CO)C8CC[C@@]7(C)[C@]5(C)CC6)OC[C@H](O)[C@@H]4O)O[C@H]3C)OC[C@H]2O)[C@H](O)[C@H](O)[C@H]1O. The van der Waals surface area contributed by atoms with Gasteiger partial charge < -0.3 is 168 Å². The molecule has 11 fully saturated rings. The van der Waals surface area contributed by atoms with Crippen LogP contribution in [0.15, 0.2) is 11.6 Å². The number of aliphatic hydroxyl groups excluding tert-OH is 19. The Hall–Kier alpha value is -2.11. The molecule has 35 heteroatoms. The van der Waals surface area contributed by atoms with Crippen molar-refractivity contribution < 1.29 is 173 Å². The molecule has 1 unspecified atom stereocenters. The Morgan fingerprint density at radius 1 is 0.481 bits per heavy atom. The predicted molar refractivity (Wildman–Crippen MR) is 343 cm³/mol. The number of carbonyl (C=O) groups excluding carboxylic acids is 1. The number of carbonyl (C=O) groups is 1. The maximum atomic E-state index is 15.8. The molecule has 0 bridgehead atoms. The van der Waals surface area contributed by atoms with E-state index in [9.17, 15) is 102 Å². The second-order valence-electron chi connectivity index (χ2n) is 33.5. The Morgan fingerprint density at radius 3 is 1.68 bits per heavy atom. The van der Waals surface area contributed by atoms with Crippen LogP contribution in [0.4, 0.5) is 0 Å². The van der Waals surface area contributed by atoms with Crippen LogP contribution in [0.3, 0.4) is 0 Å². The summed E-state index contributed by atoms with van der Waals surface area (Å²) >= 11 is 0. The molecule has 7 aliphatic heterocycles. The fourth-order valence-corrected chi connectivity index (χ4v) is 20.2. The number of ether oxygens (including phenoxy) is 14. The van der Waals surface area contributed by atoms with Crippen LogP contribution >= 0.6 is 0 Å². The van der Waals surface area contributed by atoms with Gasteiger partial charge in [-0.15, -0.1) is 0 Å². The summed E-state index contributed by atoms with van der Waals surface area (Å²) in [7, 11) is 0. The van der Waals surface area contributed by atoms with Crippen molar-refractivity contribution in [3.63, 3.8) is 0 Å². The van der Waals surface area contributed by atoms with Crippen LogP contribution in [0.2, 0.25) is 0 Å². The molecule has 0 aromatic heterocycles. The molecule has 5 aliphatic carbocycles. The molecule has 0 aromatic carbocycles. The van der Waals surface area contributed by atoms with E-state index in [0.717, 1.165) is 5.57 Å². The van der Waals surface area contributed by atoms with Crippen molar-refractivity contribution in [2.45, 2.75) is 315 Å². The molecule has 0 spiro atoms. The van der Waals surface area contributed by atoms with Gasteiger partial charge >= 0.3 is 5.97 Å². The minimum atomic E-state index is -2.24. The van der Waals surface area contributed by atoms with Crippen LogP contribution in [0.5, 0.6) is 0 Å². The van der Waals surface area contributed by atoms with E-state index in [2.05, 4.69) is 40.7 Å². The van der Waals surface area contributed by atoms with Crippen molar-refractivity contribution in [3.05, 3.63) is 11.6 Å². The number of aliphatic hydroxyl groups is 20. The summed E-state index contributed by atoms with van der Waals surface area (Å²) in [5.41, 5.74) is -5.67. The molecule has 104 heavy (non-hydrogen) atoms. The van der Waals surface area contributed by atoms with Crippen molar-refractivity contribution >= 4 is 5.97 Å². The highest BCUT2D eigenvalue weighted by Crippen LogP contribution is 2.76. The van der Waals surface area contributed by atoms with Crippen LogP contribution in [-0.2, 0) is 71.1 Å². The van der Waals surface area contributed by atoms with E-state index in [-0.39, 0.29) is 23.7 Å². The highest BCUT2D eigenvalue weighted by Gasteiger charge is 2.72. The van der Waals surface area contributed by atoms with Crippen molar-refractivity contribution in [1.82, 2.24) is 0 Å². The molecule has 12 aliphatic rings. The van der Waals surface area contributed by atoms with E-state index in [1.807, 2.05) is 0 Å². The lowest BCUT2D eigenvalue weighted by molar-refractivity contribution is -0.387. The maximum Gasteiger partial charge on any atom is 0.315 e. The third-order valence-electron chi connectivity index (χ3n) is 26.7. The largest absolute Gasteiger partial charge is 0.432 e. The zero-order valence-electron chi connectivity index (χ0n) is 59.7. The molecular formula is C69H112O35. The first kappa shape index (κ1) is 81.4. The van der Waals surface area contributed by atoms with Crippen LogP contribution in [0.1, 0.15) is 113 Å². The molecule has 35 nitrogen and oxygen atoms in total. The molecule has 0 aromatic rings. The van der Waals surface area contributed by atoms with E-state index in [0.29, 0.717) is 51.4 Å². The van der Waals surface area contributed by atoms with Gasteiger partial charge in [0, 0.05) is 5.41 Å². The Balaban J connectivity index is 0.770. The van der Waals surface area contributed by atoms with Crippen molar-refractivity contribution in [1.29, 1.82) is 0 Å². The van der Waals surface area contributed by atoms with Gasteiger partial charge in [0.05, 0.1) is 76.1 Å². The number of hydrogen-bond donors (Lipinski definition) is 20. The number of esters is 1. The van der Waals surface area contributed by atoms with E-state index >= 15 is 4.79 Å². The summed E-state index contributed by atoms with van der Waals surface area (Å²) in [6.45, 7) is 10.7. The van der Waals surface area contributed by atoms with Crippen LogP contribution < -0.4 is 0 Å². The maximum absolute atomic E-state index is 15.8. The number of hydrogen-bond acceptors (Lipinski definition) is 35. The lowest BCUT2D eigenvalue weighted by Gasteiger charge is -2.72. The van der Waals surface area contributed by atoms with E-state index in [1.165, 1.54) is 13.8 Å². The second kappa shape index (κ2) is 30.4. The summed E-state index contributed by atoms with van der Waals surface area (Å²) in [4.78, 5) is 15.8. The summed E-state index contributed by atoms with van der Waals surface area (Å²) in [6, 6.07) is 0. The zero-order valence-corrected chi connectivity index (χ0v) is 59.7. The van der Waals surface area contributed by atoms with Gasteiger partial charge in [-0.2, -0.15) is 0 Å². The molecule has 7 heterocycles. The Kier molecular flexibility index (Phi) is 23.8. The molecule has 12 rings (SSSR count). The van der Waals surface area contributed by atoms with Crippen LogP contribution in [0, 0.1) is 50.2 Å². The Labute approximate surface area is 600 Å². The molecule has 41 atom stereocenters. The van der Waals surface area contributed by atoms with Crippen molar-refractivity contribution in [3.8, 4) is 0 Å². The van der Waals surface area contributed by atoms with E-state index < -0.39 is 287 Å². The van der Waals surface area contributed by atoms with Gasteiger partial charge in [0.2, 0.25) is 6.29 Å². The van der Waals surface area contributed by atoms with Gasteiger partial charge in [0.25, 0.3) is 0 Å². The average Bonchev–Trinajstić information content (AvgIpc) is 0.697. The third kappa shape index (κ3) is 13.8. The third-order valence-corrected chi connectivity index (χ3v) is 26.7. The van der Waals surface area contributed by atoms with Crippen LogP contribution in [0.25, 0.3) is 0 Å². The van der Waals surface area contributed by atoms with Gasteiger partial charge in [0.1, 0.15) is 128 Å². The van der Waals surface area contributed by atoms with E-state index in [4.69, 9.17) is 66.3 Å². The fourth-order valence-electron chi connectivity index (χ4n) is 20.2. The minimum Gasteiger partial charge on any atom is -0.432 e. The second-order valence-corrected chi connectivity index (χ2v) is 33.5. The van der Waals surface area contributed by atoms with Gasteiger partial charge in [-0.3, -0.25) is 4.79 Å². The standard InChI is InChI=1S/C69H112O35/c1-26-37(77)41(81)43(83)56(94-26)99-49-32(76)22-91-55(45(49)85)98-48-27(2)95-58(47(87)51(48)101-61-53(88)69(90,24-73)25-93-61)102-52-38(78)31(75)21-92-60(52)104-62(89)68-15-13-63(3,4)17-29(68)28-9-10-36-64(5)18-30(74)54(65(6,23-72)35(64)11-12-67(36,8)66(28,7)14-16-68)103-59-46(86)50(40(80)34(20-71)97-59)100-57-44(84)42(82)39(79)33(19-70)96-57/h9,26-27,29-61,70-88,90H,10-25H2,1-8H3/t26-,27-,29-,30-,31-,32+,33+,34+,35?,36+,37-,38-,39+,40+,41+,42-,43+,44+,45+,46+,47+,48-,49-,50-,51-,52+,53-,54-,55-,56-,57-,58-,59-,60-,61-,64-,65-,66+,67+,68-,69+/m0/s1. The molecule has 4 saturated carbocycles. The number of fused-ring (bicyclic) bond motifs is 7. The molecule has 7 saturated heterocycles. The van der Waals surface area contributed by atoms with E-state index in [1.54, 1.807) is 6.92 Å². The predicted octanol–water partition coefficient (Wildman–Crippen LogP) is -6.65. The van der Waals surface area contributed by atoms with Gasteiger partial charge in [-0.05, 0) is 111 Å². The monoisotopic (exact) mass is 1500 g/mol. The smallest absolute Gasteiger partial charge is 0.315 e. The molecule has 0 amide bonds. The van der Waals surface area contributed by atoms with Crippen LogP contribution in [-0.4, -0.2) is 357 Å². The number of allylic oxidation sites excluding steroid dienone is 2. The van der Waals surface area contributed by atoms with Crippen molar-refractivity contribution in [2.75, 3.05) is 46.2 Å². The minimum absolute atomic E-state index is 0.141. The average molecular weight is 1500 g/mol. The Bertz CT molecular complexity index is 2970. The molecule has 20 N–H and O–H groups in total. The zero-order chi connectivity index (χ0) is 75.8. The summed E-state index contributed by atoms with van der Waals surface area (Å²) < 4.78 is 84.1. The van der Waals surface area contributed by atoms with Gasteiger partial charge in [-0.25, -0.2) is 0 Å². The normalized spacial score (nSPS) is 55.5. The lowest BCUT2D eigenvalue weighted by Crippen LogP contribution is -2.70. The molecule has 0 radical (unpaired) electrons. The molecular weight excluding hydrogens is 1390 g/mol. The highest BCUT2D eigenvalue weighted by atomic mass is 16.8. The van der Waals surface area contributed by atoms with Crippen molar-refractivity contribution in [2.24, 2.45) is 50.2 Å². The molecule has 598 valence electrons. The topological polar surface area (TPSA) is 551 Å².